The first-order valence-electron chi connectivity index (χ1n) is 6.94. The molecule has 0 fully saturated rings. The maximum atomic E-state index is 13.3. The first kappa shape index (κ1) is 15.7. The summed E-state index contributed by atoms with van der Waals surface area (Å²) in [5.41, 5.74) is 8.14. The number of aryl methyl sites for hydroxylation is 2. The Morgan fingerprint density at radius 3 is 2.62 bits per heavy atom. The molecule has 4 heteroatoms. The van der Waals surface area contributed by atoms with Gasteiger partial charge in [-0.1, -0.05) is 6.07 Å². The number of anilines is 1. The molecule has 0 aromatic heterocycles. The van der Waals surface area contributed by atoms with Crippen LogP contribution in [-0.2, 0) is 0 Å². The van der Waals surface area contributed by atoms with E-state index in [4.69, 9.17) is 10.5 Å². The van der Waals surface area contributed by atoms with E-state index in [1.54, 1.807) is 17.8 Å². The molecule has 0 radical (unpaired) electrons. The Morgan fingerprint density at radius 1 is 1.10 bits per heavy atom. The molecule has 0 unspecified atom stereocenters. The molecule has 2 N–H and O–H groups in total. The van der Waals surface area contributed by atoms with Crippen molar-refractivity contribution in [3.8, 4) is 5.75 Å². The zero-order chi connectivity index (χ0) is 15.2. The van der Waals surface area contributed by atoms with Gasteiger partial charge in [-0.25, -0.2) is 4.39 Å². The van der Waals surface area contributed by atoms with Crippen molar-refractivity contribution in [3.63, 3.8) is 0 Å². The van der Waals surface area contributed by atoms with Crippen molar-refractivity contribution >= 4 is 17.4 Å². The molecule has 0 aliphatic rings. The number of benzene rings is 2. The van der Waals surface area contributed by atoms with Crippen LogP contribution in [0.4, 0.5) is 10.1 Å². The van der Waals surface area contributed by atoms with Gasteiger partial charge in [-0.15, -0.1) is 11.8 Å². The summed E-state index contributed by atoms with van der Waals surface area (Å²) in [5.74, 6) is 1.43. The predicted molar refractivity (Wildman–Crippen MR) is 87.6 cm³/mol. The monoisotopic (exact) mass is 305 g/mol. The molecule has 0 aliphatic carbocycles. The molecule has 0 saturated carbocycles. The molecule has 0 bridgehead atoms. The van der Waals surface area contributed by atoms with Crippen LogP contribution in [0.3, 0.4) is 0 Å². The van der Waals surface area contributed by atoms with E-state index in [2.05, 4.69) is 26.0 Å². The van der Waals surface area contributed by atoms with Crippen LogP contribution in [0, 0.1) is 19.7 Å². The van der Waals surface area contributed by atoms with E-state index >= 15 is 0 Å². The molecule has 0 saturated heterocycles. The third kappa shape index (κ3) is 4.67. The van der Waals surface area contributed by atoms with Crippen molar-refractivity contribution in [3.05, 3.63) is 53.3 Å². The minimum atomic E-state index is -0.355. The standard InChI is InChI=1S/C17H20FNOS/c1-12-4-5-14(10-13(12)2)20-8-3-9-21-15-6-7-17(19)16(18)11-15/h4-7,10-11H,3,8-9,19H2,1-2H3. The van der Waals surface area contributed by atoms with Crippen molar-refractivity contribution < 1.29 is 9.13 Å². The summed E-state index contributed by atoms with van der Waals surface area (Å²) in [6.07, 6.45) is 0.906. The molecule has 2 nitrogen and oxygen atoms in total. The number of nitrogens with two attached hydrogens (primary N) is 1. The van der Waals surface area contributed by atoms with E-state index < -0.39 is 0 Å². The number of ether oxygens (including phenoxy) is 1. The highest BCUT2D eigenvalue weighted by molar-refractivity contribution is 7.99. The Bertz CT molecular complexity index is 562. The highest BCUT2D eigenvalue weighted by Gasteiger charge is 2.01. The number of thioether (sulfide) groups is 1. The summed E-state index contributed by atoms with van der Waals surface area (Å²) < 4.78 is 19.0. The third-order valence-corrected chi connectivity index (χ3v) is 4.36. The molecule has 0 aliphatic heterocycles. The average molecular weight is 305 g/mol. The number of hydrogen-bond donors (Lipinski definition) is 1. The van der Waals surface area contributed by atoms with E-state index in [1.165, 1.54) is 17.2 Å². The summed E-state index contributed by atoms with van der Waals surface area (Å²) in [5, 5.41) is 0. The molecule has 0 atom stereocenters. The van der Waals surface area contributed by atoms with Crippen molar-refractivity contribution in [2.24, 2.45) is 0 Å². The van der Waals surface area contributed by atoms with Crippen molar-refractivity contribution in [1.29, 1.82) is 0 Å². The lowest BCUT2D eigenvalue weighted by Crippen LogP contribution is -1.99. The van der Waals surface area contributed by atoms with E-state index in [0.29, 0.717) is 6.61 Å². The van der Waals surface area contributed by atoms with Gasteiger partial charge >= 0.3 is 0 Å². The molecule has 2 rings (SSSR count). The fourth-order valence-corrected chi connectivity index (χ4v) is 2.69. The van der Waals surface area contributed by atoms with Gasteiger partial charge in [0.25, 0.3) is 0 Å². The van der Waals surface area contributed by atoms with Gasteiger partial charge in [0.1, 0.15) is 11.6 Å². The van der Waals surface area contributed by atoms with Crippen LogP contribution < -0.4 is 10.5 Å². The zero-order valence-corrected chi connectivity index (χ0v) is 13.2. The molecule has 0 amide bonds. The molecule has 112 valence electrons. The van der Waals surface area contributed by atoms with Crippen molar-refractivity contribution in [1.82, 2.24) is 0 Å². The highest BCUT2D eigenvalue weighted by Crippen LogP contribution is 2.23. The largest absolute Gasteiger partial charge is 0.494 e. The van der Waals surface area contributed by atoms with Gasteiger partial charge in [0.05, 0.1) is 12.3 Å². The first-order chi connectivity index (χ1) is 10.1. The molecular weight excluding hydrogens is 285 g/mol. The van der Waals surface area contributed by atoms with Gasteiger partial charge in [-0.05, 0) is 61.7 Å². The van der Waals surface area contributed by atoms with Crippen LogP contribution >= 0.6 is 11.8 Å². The fraction of sp³-hybridized carbons (Fsp3) is 0.294. The van der Waals surface area contributed by atoms with E-state index in [9.17, 15) is 4.39 Å². The van der Waals surface area contributed by atoms with E-state index in [-0.39, 0.29) is 11.5 Å². The Morgan fingerprint density at radius 2 is 1.90 bits per heavy atom. The molecule has 2 aromatic rings. The van der Waals surface area contributed by atoms with Crippen molar-refractivity contribution in [2.45, 2.75) is 25.2 Å². The summed E-state index contributed by atoms with van der Waals surface area (Å²) in [6, 6.07) is 11.0. The fourth-order valence-electron chi connectivity index (χ4n) is 1.84. The SMILES string of the molecule is Cc1ccc(OCCCSc2ccc(N)c(F)c2)cc1C. The predicted octanol–water partition coefficient (Wildman–Crippen LogP) is 4.59. The second-order valence-corrected chi connectivity index (χ2v) is 6.15. The maximum Gasteiger partial charge on any atom is 0.147 e. The number of hydrogen-bond acceptors (Lipinski definition) is 3. The van der Waals surface area contributed by atoms with Gasteiger partial charge in [0.2, 0.25) is 0 Å². The molecule has 0 spiro atoms. The number of nitrogen functional groups attached to an aromatic ring is 1. The van der Waals surface area contributed by atoms with Crippen LogP contribution in [0.25, 0.3) is 0 Å². The van der Waals surface area contributed by atoms with Crippen molar-refractivity contribution in [2.75, 3.05) is 18.1 Å². The zero-order valence-electron chi connectivity index (χ0n) is 12.4. The molecular formula is C17H20FNOS. The lowest BCUT2D eigenvalue weighted by molar-refractivity contribution is 0.318. The van der Waals surface area contributed by atoms with Gasteiger partial charge in [-0.3, -0.25) is 0 Å². The van der Waals surface area contributed by atoms with Gasteiger partial charge in [0, 0.05) is 10.6 Å². The molecule has 0 heterocycles. The Hall–Kier alpha value is -1.68. The Kier molecular flexibility index (Phi) is 5.51. The maximum absolute atomic E-state index is 13.3. The van der Waals surface area contributed by atoms with Gasteiger partial charge in [-0.2, -0.15) is 0 Å². The lowest BCUT2D eigenvalue weighted by Gasteiger charge is -2.08. The minimum Gasteiger partial charge on any atom is -0.494 e. The normalized spacial score (nSPS) is 10.6. The number of halogens is 1. The van der Waals surface area contributed by atoms with Crippen LogP contribution in [-0.4, -0.2) is 12.4 Å². The number of rotatable bonds is 6. The first-order valence-corrected chi connectivity index (χ1v) is 7.92. The van der Waals surface area contributed by atoms with Gasteiger partial charge in [0.15, 0.2) is 0 Å². The van der Waals surface area contributed by atoms with Crippen LogP contribution in [0.15, 0.2) is 41.3 Å². The molecule has 2 aromatic carbocycles. The summed E-state index contributed by atoms with van der Waals surface area (Å²) in [7, 11) is 0. The lowest BCUT2D eigenvalue weighted by atomic mass is 10.1. The highest BCUT2D eigenvalue weighted by atomic mass is 32.2. The van der Waals surface area contributed by atoms with Crippen LogP contribution in [0.5, 0.6) is 5.75 Å². The molecule has 21 heavy (non-hydrogen) atoms. The minimum absolute atomic E-state index is 0.192. The smallest absolute Gasteiger partial charge is 0.147 e. The quantitative estimate of drug-likeness (QED) is 0.482. The second-order valence-electron chi connectivity index (χ2n) is 4.98. The second kappa shape index (κ2) is 7.36. The van der Waals surface area contributed by atoms with E-state index in [0.717, 1.165) is 22.8 Å². The summed E-state index contributed by atoms with van der Waals surface area (Å²) >= 11 is 1.61. The third-order valence-electron chi connectivity index (χ3n) is 3.28. The Balaban J connectivity index is 1.72. The van der Waals surface area contributed by atoms with Crippen LogP contribution in [0.1, 0.15) is 17.5 Å². The Labute approximate surface area is 129 Å². The summed E-state index contributed by atoms with van der Waals surface area (Å²) in [6.45, 7) is 4.82. The summed E-state index contributed by atoms with van der Waals surface area (Å²) in [4.78, 5) is 0.896. The van der Waals surface area contributed by atoms with Gasteiger partial charge < -0.3 is 10.5 Å². The topological polar surface area (TPSA) is 35.2 Å². The van der Waals surface area contributed by atoms with Crippen LogP contribution in [0.2, 0.25) is 0 Å². The average Bonchev–Trinajstić information content (AvgIpc) is 2.46. The van der Waals surface area contributed by atoms with E-state index in [1.807, 2.05) is 12.1 Å².